The Balaban J connectivity index is 1.98. The van der Waals surface area contributed by atoms with E-state index in [1.165, 1.54) is 42.0 Å². The minimum atomic E-state index is 0.465. The Morgan fingerprint density at radius 3 is 3.29 bits per heavy atom. The van der Waals surface area contributed by atoms with Gasteiger partial charge >= 0.3 is 0 Å². The lowest BCUT2D eigenvalue weighted by molar-refractivity contribution is 0.416. The van der Waals surface area contributed by atoms with Crippen molar-refractivity contribution in [3.8, 4) is 0 Å². The van der Waals surface area contributed by atoms with Gasteiger partial charge in [0.15, 0.2) is 0 Å². The first-order valence-corrected chi connectivity index (χ1v) is 7.74. The zero-order valence-electron chi connectivity index (χ0n) is 10.8. The zero-order chi connectivity index (χ0) is 12.1. The highest BCUT2D eigenvalue weighted by atomic mass is 32.2. The molecule has 0 saturated heterocycles. The van der Waals surface area contributed by atoms with Crippen LogP contribution in [0.1, 0.15) is 44.0 Å². The monoisotopic (exact) mass is 250 g/mol. The van der Waals surface area contributed by atoms with Gasteiger partial charge in [0.1, 0.15) is 0 Å². The summed E-state index contributed by atoms with van der Waals surface area (Å²) in [7, 11) is 0. The number of hydrogen-bond donors (Lipinski definition) is 1. The highest BCUT2D eigenvalue weighted by Crippen LogP contribution is 2.28. The first-order valence-electron chi connectivity index (χ1n) is 6.59. The van der Waals surface area contributed by atoms with Crippen molar-refractivity contribution in [3.63, 3.8) is 0 Å². The van der Waals surface area contributed by atoms with Gasteiger partial charge in [-0.25, -0.2) is 0 Å². The molecular formula is C14H22N2S. The largest absolute Gasteiger partial charge is 0.305 e. The molecule has 17 heavy (non-hydrogen) atoms. The fraction of sp³-hybridized carbons (Fsp3) is 0.643. The van der Waals surface area contributed by atoms with Crippen LogP contribution in [0.5, 0.6) is 0 Å². The molecule has 1 heterocycles. The number of nitrogens with zero attached hydrogens (tertiary/aromatic N) is 1. The summed E-state index contributed by atoms with van der Waals surface area (Å²) in [5.41, 5.74) is 2.72. The molecule has 0 amide bonds. The van der Waals surface area contributed by atoms with E-state index in [9.17, 15) is 0 Å². The van der Waals surface area contributed by atoms with Crippen molar-refractivity contribution in [1.82, 2.24) is 10.3 Å². The number of pyridine rings is 1. The van der Waals surface area contributed by atoms with Gasteiger partial charge in [-0.15, -0.1) is 0 Å². The number of hydrogen-bond acceptors (Lipinski definition) is 3. The van der Waals surface area contributed by atoms with Crippen LogP contribution in [-0.4, -0.2) is 22.5 Å². The van der Waals surface area contributed by atoms with Crippen LogP contribution in [0.4, 0.5) is 0 Å². The topological polar surface area (TPSA) is 24.9 Å². The number of aromatic nitrogens is 1. The van der Waals surface area contributed by atoms with Gasteiger partial charge < -0.3 is 5.32 Å². The van der Waals surface area contributed by atoms with Crippen molar-refractivity contribution < 1.29 is 0 Å². The summed E-state index contributed by atoms with van der Waals surface area (Å²) in [5, 5.41) is 3.73. The molecule has 2 unspecified atom stereocenters. The average Bonchev–Trinajstić information content (AvgIpc) is 2.37. The summed E-state index contributed by atoms with van der Waals surface area (Å²) in [6.45, 7) is 4.49. The second-order valence-electron chi connectivity index (χ2n) is 4.72. The van der Waals surface area contributed by atoms with E-state index in [4.69, 9.17) is 0 Å². The van der Waals surface area contributed by atoms with Gasteiger partial charge in [-0.3, -0.25) is 4.98 Å². The Bertz CT molecular complexity index is 354. The Morgan fingerprint density at radius 2 is 2.47 bits per heavy atom. The van der Waals surface area contributed by atoms with Gasteiger partial charge in [-0.1, -0.05) is 13.0 Å². The summed E-state index contributed by atoms with van der Waals surface area (Å²) in [4.78, 5) is 4.56. The normalized spacial score (nSPS) is 20.9. The maximum Gasteiger partial charge on any atom is 0.0605 e. The lowest BCUT2D eigenvalue weighted by Crippen LogP contribution is -2.34. The molecule has 0 bridgehead atoms. The van der Waals surface area contributed by atoms with Crippen molar-refractivity contribution in [2.24, 2.45) is 0 Å². The van der Waals surface area contributed by atoms with Gasteiger partial charge in [-0.2, -0.15) is 11.8 Å². The summed E-state index contributed by atoms with van der Waals surface area (Å²) < 4.78 is 0. The molecule has 0 aliphatic heterocycles. The smallest absolute Gasteiger partial charge is 0.0605 e. The molecule has 0 spiro atoms. The Morgan fingerprint density at radius 1 is 1.59 bits per heavy atom. The summed E-state index contributed by atoms with van der Waals surface area (Å²) >= 11 is 2.00. The minimum absolute atomic E-state index is 0.465. The van der Waals surface area contributed by atoms with Crippen LogP contribution in [0.15, 0.2) is 18.3 Å². The number of rotatable bonds is 5. The minimum Gasteiger partial charge on any atom is -0.305 e. The lowest BCUT2D eigenvalue weighted by Gasteiger charge is -2.28. The summed E-state index contributed by atoms with van der Waals surface area (Å²) in [6, 6.07) is 5.31. The highest BCUT2D eigenvalue weighted by molar-refractivity contribution is 7.99. The standard InChI is InChI=1S/C14H22N2S/c1-3-17-10-11(2)16-13-8-4-6-12-7-5-9-15-14(12)13/h5,7,9,11,13,16H,3-4,6,8,10H2,1-2H3. The van der Waals surface area contributed by atoms with Gasteiger partial charge in [0.2, 0.25) is 0 Å². The van der Waals surface area contributed by atoms with E-state index in [1.54, 1.807) is 0 Å². The van der Waals surface area contributed by atoms with E-state index in [1.807, 2.05) is 18.0 Å². The van der Waals surface area contributed by atoms with Crippen LogP contribution in [0, 0.1) is 0 Å². The summed E-state index contributed by atoms with van der Waals surface area (Å²) in [6.07, 6.45) is 5.62. The first kappa shape index (κ1) is 12.9. The molecule has 0 fully saturated rings. The SMILES string of the molecule is CCSCC(C)NC1CCCc2cccnc21. The van der Waals surface area contributed by atoms with Crippen LogP contribution in [0.2, 0.25) is 0 Å². The van der Waals surface area contributed by atoms with Crippen LogP contribution in [-0.2, 0) is 6.42 Å². The molecule has 0 radical (unpaired) electrons. The number of nitrogens with one attached hydrogen (secondary N) is 1. The van der Waals surface area contributed by atoms with Crippen molar-refractivity contribution >= 4 is 11.8 Å². The third-order valence-electron chi connectivity index (χ3n) is 3.25. The fourth-order valence-electron chi connectivity index (χ4n) is 2.46. The van der Waals surface area contributed by atoms with Crippen molar-refractivity contribution in [3.05, 3.63) is 29.6 Å². The van der Waals surface area contributed by atoms with Gasteiger partial charge in [-0.05, 0) is 43.6 Å². The fourth-order valence-corrected chi connectivity index (χ4v) is 3.14. The van der Waals surface area contributed by atoms with E-state index in [0.717, 1.165) is 0 Å². The Labute approximate surface area is 109 Å². The van der Waals surface area contributed by atoms with Crippen LogP contribution in [0.25, 0.3) is 0 Å². The van der Waals surface area contributed by atoms with Gasteiger partial charge in [0, 0.05) is 24.0 Å². The maximum absolute atomic E-state index is 4.56. The number of aryl methyl sites for hydroxylation is 1. The number of thioether (sulfide) groups is 1. The highest BCUT2D eigenvalue weighted by Gasteiger charge is 2.22. The molecule has 2 atom stereocenters. The van der Waals surface area contributed by atoms with Crippen LogP contribution >= 0.6 is 11.8 Å². The van der Waals surface area contributed by atoms with Gasteiger partial charge in [0.25, 0.3) is 0 Å². The van der Waals surface area contributed by atoms with E-state index in [2.05, 4.69) is 36.3 Å². The van der Waals surface area contributed by atoms with Gasteiger partial charge in [0.05, 0.1) is 5.69 Å². The van der Waals surface area contributed by atoms with Crippen molar-refractivity contribution in [2.45, 2.75) is 45.2 Å². The molecule has 1 N–H and O–H groups in total. The molecule has 2 nitrogen and oxygen atoms in total. The first-order chi connectivity index (χ1) is 8.31. The van der Waals surface area contributed by atoms with E-state index in [0.29, 0.717) is 12.1 Å². The zero-order valence-corrected chi connectivity index (χ0v) is 11.6. The maximum atomic E-state index is 4.56. The third kappa shape index (κ3) is 3.46. The molecule has 94 valence electrons. The van der Waals surface area contributed by atoms with Crippen molar-refractivity contribution in [1.29, 1.82) is 0 Å². The molecule has 2 rings (SSSR count). The average molecular weight is 250 g/mol. The predicted octanol–water partition coefficient (Wildman–Crippen LogP) is 3.19. The second-order valence-corrected chi connectivity index (χ2v) is 6.04. The molecular weight excluding hydrogens is 228 g/mol. The van der Waals surface area contributed by atoms with Crippen molar-refractivity contribution in [2.75, 3.05) is 11.5 Å². The molecule has 1 aliphatic rings. The predicted molar refractivity (Wildman–Crippen MR) is 75.5 cm³/mol. The molecule has 1 aliphatic carbocycles. The molecule has 1 aromatic rings. The quantitative estimate of drug-likeness (QED) is 0.868. The van der Waals surface area contributed by atoms with Crippen LogP contribution in [0.3, 0.4) is 0 Å². The third-order valence-corrected chi connectivity index (χ3v) is 4.40. The molecule has 0 aromatic carbocycles. The second kappa shape index (κ2) is 6.41. The summed E-state index contributed by atoms with van der Waals surface area (Å²) in [5.74, 6) is 2.39. The molecule has 1 aromatic heterocycles. The molecule has 3 heteroatoms. The Hall–Kier alpha value is -0.540. The number of fused-ring (bicyclic) bond motifs is 1. The van der Waals surface area contributed by atoms with E-state index in [-0.39, 0.29) is 0 Å². The van der Waals surface area contributed by atoms with E-state index < -0.39 is 0 Å². The van der Waals surface area contributed by atoms with Crippen LogP contribution < -0.4 is 5.32 Å². The molecule has 0 saturated carbocycles. The van der Waals surface area contributed by atoms with E-state index >= 15 is 0 Å². The lowest BCUT2D eigenvalue weighted by atomic mass is 9.91. The Kier molecular flexibility index (Phi) is 4.86.